The number of likely N-dealkylation sites (N-methyl/N-ethyl adjacent to an activating group) is 1. The Labute approximate surface area is 93.6 Å². The van der Waals surface area contributed by atoms with E-state index in [1.54, 1.807) is 0 Å². The first-order valence-corrected chi connectivity index (χ1v) is 5.89. The van der Waals surface area contributed by atoms with Gasteiger partial charge in [0.25, 0.3) is 0 Å². The Hall–Kier alpha value is -0.200. The summed E-state index contributed by atoms with van der Waals surface area (Å²) in [6.45, 7) is 11.1. The molecule has 0 aromatic heterocycles. The fourth-order valence-electron chi connectivity index (χ4n) is 1.40. The van der Waals surface area contributed by atoms with E-state index in [4.69, 9.17) is 11.5 Å². The molecule has 0 radical (unpaired) electrons. The van der Waals surface area contributed by atoms with E-state index in [0.717, 1.165) is 58.9 Å². The highest BCUT2D eigenvalue weighted by Gasteiger charge is 1.96. The lowest BCUT2D eigenvalue weighted by atomic mass is 10.4. The molecule has 0 aromatic carbocycles. The van der Waals surface area contributed by atoms with Crippen molar-refractivity contribution in [2.45, 2.75) is 6.92 Å². The summed E-state index contributed by atoms with van der Waals surface area (Å²) in [6.07, 6.45) is 0. The molecule has 1 heterocycles. The summed E-state index contributed by atoms with van der Waals surface area (Å²) in [7, 11) is 0. The fourth-order valence-corrected chi connectivity index (χ4v) is 1.40. The fraction of sp³-hybridized carbons (Fsp3) is 1.00. The van der Waals surface area contributed by atoms with Crippen molar-refractivity contribution in [1.82, 2.24) is 15.5 Å². The molecule has 0 spiro atoms. The van der Waals surface area contributed by atoms with E-state index < -0.39 is 0 Å². The van der Waals surface area contributed by atoms with E-state index in [0.29, 0.717) is 0 Å². The van der Waals surface area contributed by atoms with Crippen molar-refractivity contribution in [3.05, 3.63) is 0 Å². The summed E-state index contributed by atoms with van der Waals surface area (Å²) < 4.78 is 0. The lowest BCUT2D eigenvalue weighted by Gasteiger charge is -2.17. The normalized spacial score (nSPS) is 16.0. The number of hydrogen-bond donors (Lipinski definition) is 4. The van der Waals surface area contributed by atoms with E-state index in [2.05, 4.69) is 22.5 Å². The van der Waals surface area contributed by atoms with Crippen LogP contribution in [0.5, 0.6) is 0 Å². The smallest absolute Gasteiger partial charge is 0.0105 e. The molecular weight excluding hydrogens is 190 g/mol. The maximum Gasteiger partial charge on any atom is 0.0105 e. The summed E-state index contributed by atoms with van der Waals surface area (Å²) >= 11 is 0. The van der Waals surface area contributed by atoms with Crippen molar-refractivity contribution in [3.63, 3.8) is 0 Å². The number of nitrogens with two attached hydrogens (primary N) is 2. The third kappa shape index (κ3) is 10.1. The Morgan fingerprint density at radius 1 is 0.933 bits per heavy atom. The zero-order valence-electron chi connectivity index (χ0n) is 9.97. The third-order valence-corrected chi connectivity index (χ3v) is 2.29. The van der Waals surface area contributed by atoms with Gasteiger partial charge in [-0.05, 0) is 6.54 Å². The molecule has 5 heteroatoms. The molecule has 92 valence electrons. The van der Waals surface area contributed by atoms with Gasteiger partial charge in [-0.1, -0.05) is 6.92 Å². The van der Waals surface area contributed by atoms with Crippen molar-refractivity contribution < 1.29 is 0 Å². The number of hydrogen-bond acceptors (Lipinski definition) is 5. The average molecular weight is 217 g/mol. The van der Waals surface area contributed by atoms with E-state index in [-0.39, 0.29) is 0 Å². The monoisotopic (exact) mass is 217 g/mol. The van der Waals surface area contributed by atoms with Gasteiger partial charge in [0.2, 0.25) is 0 Å². The summed E-state index contributed by atoms with van der Waals surface area (Å²) in [5.74, 6) is 0. The molecule has 1 aliphatic rings. The van der Waals surface area contributed by atoms with Crippen LogP contribution in [-0.2, 0) is 0 Å². The molecule has 6 N–H and O–H groups in total. The van der Waals surface area contributed by atoms with Crippen LogP contribution in [0.1, 0.15) is 6.92 Å². The Balaban J connectivity index is 0.000000280. The summed E-state index contributed by atoms with van der Waals surface area (Å²) in [5, 5.41) is 6.44. The van der Waals surface area contributed by atoms with E-state index in [9.17, 15) is 0 Å². The molecule has 0 amide bonds. The number of piperazine rings is 1. The standard InChI is InChI=1S/C6H17N3.C4H10N2/c1-2-9(5-3-7)6-4-8;1-2-6-4-3-5-1/h2-8H2,1H3;5-6H,1-4H2. The first-order chi connectivity index (χ1) is 7.35. The summed E-state index contributed by atoms with van der Waals surface area (Å²) in [4.78, 5) is 2.24. The molecule has 0 bridgehead atoms. The van der Waals surface area contributed by atoms with Crippen LogP contribution < -0.4 is 22.1 Å². The van der Waals surface area contributed by atoms with Gasteiger partial charge in [0.05, 0.1) is 0 Å². The minimum Gasteiger partial charge on any atom is -0.329 e. The minimum atomic E-state index is 0.730. The molecule has 1 aliphatic heterocycles. The van der Waals surface area contributed by atoms with Crippen molar-refractivity contribution in [1.29, 1.82) is 0 Å². The molecule has 0 unspecified atom stereocenters. The molecule has 1 saturated heterocycles. The second-order valence-electron chi connectivity index (χ2n) is 3.51. The zero-order chi connectivity index (χ0) is 11.4. The van der Waals surface area contributed by atoms with Crippen molar-refractivity contribution in [2.75, 3.05) is 58.9 Å². The molecule has 0 saturated carbocycles. The molecular formula is C10H27N5. The van der Waals surface area contributed by atoms with Gasteiger partial charge < -0.3 is 27.0 Å². The van der Waals surface area contributed by atoms with Crippen LogP contribution in [0.3, 0.4) is 0 Å². The van der Waals surface area contributed by atoms with Crippen LogP contribution in [0.15, 0.2) is 0 Å². The molecule has 1 rings (SSSR count). The Kier molecular flexibility index (Phi) is 11.7. The van der Waals surface area contributed by atoms with Gasteiger partial charge in [-0.15, -0.1) is 0 Å². The van der Waals surface area contributed by atoms with Gasteiger partial charge in [-0.25, -0.2) is 0 Å². The summed E-state index contributed by atoms with van der Waals surface area (Å²) in [6, 6.07) is 0. The molecule has 15 heavy (non-hydrogen) atoms. The topological polar surface area (TPSA) is 79.3 Å². The van der Waals surface area contributed by atoms with Gasteiger partial charge in [-0.2, -0.15) is 0 Å². The Morgan fingerprint density at radius 2 is 1.33 bits per heavy atom. The zero-order valence-corrected chi connectivity index (χ0v) is 9.97. The maximum absolute atomic E-state index is 5.35. The minimum absolute atomic E-state index is 0.730. The highest BCUT2D eigenvalue weighted by molar-refractivity contribution is 4.59. The van der Waals surface area contributed by atoms with E-state index >= 15 is 0 Å². The van der Waals surface area contributed by atoms with Crippen LogP contribution in [0.25, 0.3) is 0 Å². The van der Waals surface area contributed by atoms with Gasteiger partial charge in [-0.3, -0.25) is 0 Å². The maximum atomic E-state index is 5.35. The first kappa shape index (κ1) is 14.8. The predicted molar refractivity (Wildman–Crippen MR) is 66.0 cm³/mol. The van der Waals surface area contributed by atoms with Crippen molar-refractivity contribution in [2.24, 2.45) is 11.5 Å². The van der Waals surface area contributed by atoms with Gasteiger partial charge >= 0.3 is 0 Å². The van der Waals surface area contributed by atoms with Crippen LogP contribution in [0, 0.1) is 0 Å². The van der Waals surface area contributed by atoms with Crippen LogP contribution in [0.4, 0.5) is 0 Å². The molecule has 0 aromatic rings. The van der Waals surface area contributed by atoms with Crippen LogP contribution >= 0.6 is 0 Å². The number of nitrogens with zero attached hydrogens (tertiary/aromatic N) is 1. The Bertz CT molecular complexity index is 98.9. The van der Waals surface area contributed by atoms with Gasteiger partial charge in [0, 0.05) is 52.4 Å². The van der Waals surface area contributed by atoms with Crippen molar-refractivity contribution in [3.8, 4) is 0 Å². The average Bonchev–Trinajstić information content (AvgIpc) is 2.32. The lowest BCUT2D eigenvalue weighted by molar-refractivity contribution is 0.304. The van der Waals surface area contributed by atoms with E-state index in [1.807, 2.05) is 0 Å². The van der Waals surface area contributed by atoms with Crippen LogP contribution in [-0.4, -0.2) is 63.8 Å². The SMILES string of the molecule is C1CNCCN1.CCN(CCN)CCN. The second-order valence-corrected chi connectivity index (χ2v) is 3.51. The number of rotatable bonds is 5. The first-order valence-electron chi connectivity index (χ1n) is 5.89. The molecule has 0 aliphatic carbocycles. The van der Waals surface area contributed by atoms with E-state index in [1.165, 1.54) is 0 Å². The summed E-state index contributed by atoms with van der Waals surface area (Å²) in [5.41, 5.74) is 10.7. The molecule has 0 atom stereocenters. The van der Waals surface area contributed by atoms with Gasteiger partial charge in [0.1, 0.15) is 0 Å². The second kappa shape index (κ2) is 11.9. The molecule has 5 nitrogen and oxygen atoms in total. The van der Waals surface area contributed by atoms with Crippen LogP contribution in [0.2, 0.25) is 0 Å². The third-order valence-electron chi connectivity index (χ3n) is 2.29. The Morgan fingerprint density at radius 3 is 1.53 bits per heavy atom. The highest BCUT2D eigenvalue weighted by atomic mass is 15.1. The van der Waals surface area contributed by atoms with Gasteiger partial charge in [0.15, 0.2) is 0 Å². The molecule has 1 fully saturated rings. The number of nitrogens with one attached hydrogen (secondary N) is 2. The lowest BCUT2D eigenvalue weighted by Crippen LogP contribution is -2.39. The highest BCUT2D eigenvalue weighted by Crippen LogP contribution is 1.81. The predicted octanol–water partition coefficient (Wildman–Crippen LogP) is -1.60. The quantitative estimate of drug-likeness (QED) is 0.446. The van der Waals surface area contributed by atoms with Crippen molar-refractivity contribution >= 4 is 0 Å². The largest absolute Gasteiger partial charge is 0.329 e.